The van der Waals surface area contributed by atoms with E-state index in [0.29, 0.717) is 11.6 Å². The van der Waals surface area contributed by atoms with E-state index >= 15 is 0 Å². The summed E-state index contributed by atoms with van der Waals surface area (Å²) in [6, 6.07) is 8.51. The zero-order valence-electron chi connectivity index (χ0n) is 10.1. The second-order valence-corrected chi connectivity index (χ2v) is 3.95. The van der Waals surface area contributed by atoms with Crippen molar-refractivity contribution in [2.24, 2.45) is 0 Å². The highest BCUT2D eigenvalue weighted by Gasteiger charge is 2.10. The summed E-state index contributed by atoms with van der Waals surface area (Å²) in [6.07, 6.45) is 0. The van der Waals surface area contributed by atoms with Gasteiger partial charge in [0.2, 0.25) is 5.95 Å². The Morgan fingerprint density at radius 3 is 2.39 bits per heavy atom. The minimum absolute atomic E-state index is 0.195. The van der Waals surface area contributed by atoms with Crippen LogP contribution in [0.5, 0.6) is 0 Å². The standard InChI is InChI=1S/C13H13N3O2/c1-8-7-9(2)15-13(14-8)16-11-6-4-3-5-10(11)12(17)18/h3-7H,1-2H3,(H,17,18)(H,14,15,16). The van der Waals surface area contributed by atoms with Gasteiger partial charge in [0.15, 0.2) is 0 Å². The van der Waals surface area contributed by atoms with Gasteiger partial charge in [-0.05, 0) is 32.0 Å². The van der Waals surface area contributed by atoms with Gasteiger partial charge < -0.3 is 10.4 Å². The molecule has 0 saturated carbocycles. The topological polar surface area (TPSA) is 75.1 Å². The number of para-hydroxylation sites is 1. The first-order valence-corrected chi connectivity index (χ1v) is 5.48. The number of rotatable bonds is 3. The molecule has 5 heteroatoms. The average molecular weight is 243 g/mol. The van der Waals surface area contributed by atoms with Crippen molar-refractivity contribution in [2.45, 2.75) is 13.8 Å². The fourth-order valence-corrected chi connectivity index (χ4v) is 1.68. The normalized spacial score (nSPS) is 10.1. The highest BCUT2D eigenvalue weighted by atomic mass is 16.4. The minimum atomic E-state index is -0.984. The molecule has 0 aliphatic carbocycles. The summed E-state index contributed by atoms with van der Waals surface area (Å²) in [5.41, 5.74) is 2.34. The molecular weight excluding hydrogens is 230 g/mol. The van der Waals surface area contributed by atoms with Gasteiger partial charge in [-0.3, -0.25) is 0 Å². The van der Waals surface area contributed by atoms with Crippen LogP contribution in [0, 0.1) is 13.8 Å². The number of aryl methyl sites for hydroxylation is 2. The van der Waals surface area contributed by atoms with E-state index in [2.05, 4.69) is 15.3 Å². The number of carbonyl (C=O) groups is 1. The van der Waals surface area contributed by atoms with Crippen molar-refractivity contribution in [1.82, 2.24) is 9.97 Å². The van der Waals surface area contributed by atoms with Crippen LogP contribution in [-0.4, -0.2) is 21.0 Å². The fraction of sp³-hybridized carbons (Fsp3) is 0.154. The van der Waals surface area contributed by atoms with Crippen LogP contribution in [0.4, 0.5) is 11.6 Å². The molecule has 1 aromatic carbocycles. The Labute approximate surface area is 105 Å². The minimum Gasteiger partial charge on any atom is -0.478 e. The molecule has 0 saturated heterocycles. The van der Waals surface area contributed by atoms with Gasteiger partial charge in [0.25, 0.3) is 0 Å². The Hall–Kier alpha value is -2.43. The number of benzene rings is 1. The number of aromatic nitrogens is 2. The molecule has 2 rings (SSSR count). The van der Waals surface area contributed by atoms with Crippen molar-refractivity contribution in [1.29, 1.82) is 0 Å². The van der Waals surface area contributed by atoms with E-state index in [4.69, 9.17) is 5.11 Å². The van der Waals surface area contributed by atoms with Crippen molar-refractivity contribution in [3.63, 3.8) is 0 Å². The van der Waals surface area contributed by atoms with E-state index in [-0.39, 0.29) is 5.56 Å². The number of nitrogens with one attached hydrogen (secondary N) is 1. The lowest BCUT2D eigenvalue weighted by Crippen LogP contribution is -2.05. The first kappa shape index (κ1) is 12.0. The zero-order valence-corrected chi connectivity index (χ0v) is 10.1. The molecule has 1 heterocycles. The van der Waals surface area contributed by atoms with Crippen molar-refractivity contribution in [3.8, 4) is 0 Å². The van der Waals surface area contributed by atoms with Gasteiger partial charge in [-0.2, -0.15) is 0 Å². The average Bonchev–Trinajstić information content (AvgIpc) is 2.27. The summed E-state index contributed by atoms with van der Waals surface area (Å²) in [6.45, 7) is 3.73. The second-order valence-electron chi connectivity index (χ2n) is 3.95. The smallest absolute Gasteiger partial charge is 0.337 e. The Kier molecular flexibility index (Phi) is 3.23. The van der Waals surface area contributed by atoms with Crippen molar-refractivity contribution < 1.29 is 9.90 Å². The van der Waals surface area contributed by atoms with Crippen molar-refractivity contribution in [2.75, 3.05) is 5.32 Å². The van der Waals surface area contributed by atoms with Gasteiger partial charge in [-0.15, -0.1) is 0 Å². The monoisotopic (exact) mass is 243 g/mol. The molecule has 0 spiro atoms. The van der Waals surface area contributed by atoms with Crippen LogP contribution in [0.25, 0.3) is 0 Å². The number of nitrogens with zero attached hydrogens (tertiary/aromatic N) is 2. The lowest BCUT2D eigenvalue weighted by molar-refractivity contribution is 0.0698. The number of hydrogen-bond donors (Lipinski definition) is 2. The number of anilines is 2. The van der Waals surface area contributed by atoms with Crippen LogP contribution in [0.15, 0.2) is 30.3 Å². The maximum absolute atomic E-state index is 11.1. The van der Waals surface area contributed by atoms with E-state index in [1.807, 2.05) is 19.9 Å². The summed E-state index contributed by atoms with van der Waals surface area (Å²) >= 11 is 0. The summed E-state index contributed by atoms with van der Waals surface area (Å²) in [4.78, 5) is 19.5. The fourth-order valence-electron chi connectivity index (χ4n) is 1.68. The first-order valence-electron chi connectivity index (χ1n) is 5.48. The number of carboxylic acid groups (broad SMARTS) is 1. The van der Waals surface area contributed by atoms with Gasteiger partial charge in [0.05, 0.1) is 11.3 Å². The molecule has 0 aliphatic rings. The third-order valence-corrected chi connectivity index (χ3v) is 2.39. The molecule has 5 nitrogen and oxygen atoms in total. The van der Waals surface area contributed by atoms with Crippen LogP contribution in [0.2, 0.25) is 0 Å². The van der Waals surface area contributed by atoms with Gasteiger partial charge in [0.1, 0.15) is 0 Å². The van der Waals surface area contributed by atoms with E-state index in [0.717, 1.165) is 11.4 Å². The summed E-state index contributed by atoms with van der Waals surface area (Å²) in [5.74, 6) is -0.580. The summed E-state index contributed by atoms with van der Waals surface area (Å²) in [5, 5.41) is 12.0. The van der Waals surface area contributed by atoms with Crippen LogP contribution >= 0.6 is 0 Å². The molecule has 0 aliphatic heterocycles. The Balaban J connectivity index is 2.37. The zero-order chi connectivity index (χ0) is 13.1. The lowest BCUT2D eigenvalue weighted by atomic mass is 10.2. The highest BCUT2D eigenvalue weighted by molar-refractivity contribution is 5.94. The van der Waals surface area contributed by atoms with Gasteiger partial charge in [-0.1, -0.05) is 12.1 Å². The molecule has 0 bridgehead atoms. The quantitative estimate of drug-likeness (QED) is 0.866. The predicted molar refractivity (Wildman–Crippen MR) is 68.2 cm³/mol. The van der Waals surface area contributed by atoms with Crippen molar-refractivity contribution >= 4 is 17.6 Å². The molecule has 2 aromatic rings. The van der Waals surface area contributed by atoms with Gasteiger partial charge in [0, 0.05) is 11.4 Å². The molecule has 92 valence electrons. The molecule has 1 aromatic heterocycles. The molecule has 18 heavy (non-hydrogen) atoms. The molecule has 0 fully saturated rings. The van der Waals surface area contributed by atoms with Crippen LogP contribution in [0.3, 0.4) is 0 Å². The highest BCUT2D eigenvalue weighted by Crippen LogP contribution is 2.18. The first-order chi connectivity index (χ1) is 8.56. The summed E-state index contributed by atoms with van der Waals surface area (Å²) < 4.78 is 0. The SMILES string of the molecule is Cc1cc(C)nc(Nc2ccccc2C(=O)O)n1. The third kappa shape index (κ3) is 2.63. The third-order valence-electron chi connectivity index (χ3n) is 2.39. The second kappa shape index (κ2) is 4.83. The largest absolute Gasteiger partial charge is 0.478 e. The van der Waals surface area contributed by atoms with Crippen LogP contribution in [-0.2, 0) is 0 Å². The van der Waals surface area contributed by atoms with Gasteiger partial charge >= 0.3 is 5.97 Å². The predicted octanol–water partition coefficient (Wildman–Crippen LogP) is 2.54. The molecule has 2 N–H and O–H groups in total. The maximum Gasteiger partial charge on any atom is 0.337 e. The Morgan fingerprint density at radius 2 is 1.78 bits per heavy atom. The molecule has 0 atom stereocenters. The molecule has 0 radical (unpaired) electrons. The van der Waals surface area contributed by atoms with Crippen molar-refractivity contribution in [3.05, 3.63) is 47.3 Å². The summed E-state index contributed by atoms with van der Waals surface area (Å²) in [7, 11) is 0. The van der Waals surface area contributed by atoms with Gasteiger partial charge in [-0.25, -0.2) is 14.8 Å². The molecular formula is C13H13N3O2. The van der Waals surface area contributed by atoms with Crippen LogP contribution < -0.4 is 5.32 Å². The number of hydrogen-bond acceptors (Lipinski definition) is 4. The van der Waals surface area contributed by atoms with E-state index in [1.54, 1.807) is 18.2 Å². The lowest BCUT2D eigenvalue weighted by Gasteiger charge is -2.08. The van der Waals surface area contributed by atoms with E-state index < -0.39 is 5.97 Å². The number of carboxylic acids is 1. The van der Waals surface area contributed by atoms with E-state index in [9.17, 15) is 4.79 Å². The molecule has 0 unspecified atom stereocenters. The van der Waals surface area contributed by atoms with E-state index in [1.165, 1.54) is 6.07 Å². The Morgan fingerprint density at radius 1 is 1.17 bits per heavy atom. The molecule has 0 amide bonds. The number of aromatic carboxylic acids is 1. The maximum atomic E-state index is 11.1. The van der Waals surface area contributed by atoms with Crippen LogP contribution in [0.1, 0.15) is 21.7 Å². The Bertz CT molecular complexity index is 576.